The average molecular weight is 498 g/mol. The van der Waals surface area contributed by atoms with Crippen molar-refractivity contribution in [3.63, 3.8) is 0 Å². The maximum absolute atomic E-state index is 14.0. The van der Waals surface area contributed by atoms with Crippen LogP contribution < -0.4 is 21.3 Å². The summed E-state index contributed by atoms with van der Waals surface area (Å²) >= 11 is 6.19. The summed E-state index contributed by atoms with van der Waals surface area (Å²) in [7, 11) is 1.41. The molecular weight excluding hydrogens is 481 g/mol. The molecule has 178 valence electrons. The molecule has 4 rings (SSSR count). The summed E-state index contributed by atoms with van der Waals surface area (Å²) in [6.45, 7) is -0.385. The molecule has 0 saturated heterocycles. The Morgan fingerprint density at radius 1 is 1.17 bits per heavy atom. The molecule has 2 aromatic heterocycles. The molecule has 3 N–H and O–H groups in total. The number of hydrogen-bond donors (Lipinski definition) is 2. The molecule has 13 heteroatoms. The molecule has 0 fully saturated rings. The Bertz CT molecular complexity index is 1490. The number of amides is 2. The van der Waals surface area contributed by atoms with Crippen molar-refractivity contribution in [3.05, 3.63) is 81.7 Å². The van der Waals surface area contributed by atoms with Crippen molar-refractivity contribution in [2.45, 2.75) is 6.54 Å². The molecule has 0 aliphatic heterocycles. The number of primary amides is 1. The van der Waals surface area contributed by atoms with Crippen LogP contribution in [0.25, 0.3) is 16.8 Å². The molecule has 11 nitrogen and oxygen atoms in total. The van der Waals surface area contributed by atoms with Crippen LogP contribution in [0.2, 0.25) is 5.02 Å². The zero-order valence-electron chi connectivity index (χ0n) is 18.1. The van der Waals surface area contributed by atoms with E-state index in [1.54, 1.807) is 18.2 Å². The normalized spacial score (nSPS) is 10.7. The number of tetrazole rings is 1. The fourth-order valence-corrected chi connectivity index (χ4v) is 3.56. The zero-order valence-corrected chi connectivity index (χ0v) is 18.9. The molecule has 0 saturated carbocycles. The van der Waals surface area contributed by atoms with Crippen molar-refractivity contribution >= 4 is 29.1 Å². The van der Waals surface area contributed by atoms with Gasteiger partial charge in [-0.2, -0.15) is 4.68 Å². The smallest absolute Gasteiger partial charge is 0.251 e. The van der Waals surface area contributed by atoms with Crippen molar-refractivity contribution in [2.75, 3.05) is 12.4 Å². The summed E-state index contributed by atoms with van der Waals surface area (Å²) in [5.41, 5.74) is 5.85. The van der Waals surface area contributed by atoms with Gasteiger partial charge in [0.2, 0.25) is 5.91 Å². The topological polar surface area (TPSA) is 147 Å². The molecular formula is C22H17ClFN7O4. The summed E-state index contributed by atoms with van der Waals surface area (Å²) < 4.78 is 22.0. The van der Waals surface area contributed by atoms with Gasteiger partial charge in [-0.25, -0.2) is 4.39 Å². The Labute approximate surface area is 201 Å². The van der Waals surface area contributed by atoms with Crippen LogP contribution in [0.4, 0.5) is 10.1 Å². The number of nitrogens with zero attached hydrogens (tertiary/aromatic N) is 5. The largest absolute Gasteiger partial charge is 0.495 e. The van der Waals surface area contributed by atoms with Gasteiger partial charge in [0.1, 0.15) is 24.4 Å². The van der Waals surface area contributed by atoms with Crippen LogP contribution in [0.3, 0.4) is 0 Å². The van der Waals surface area contributed by atoms with Gasteiger partial charge in [-0.15, -0.1) is 5.10 Å². The van der Waals surface area contributed by atoms with E-state index < -0.39 is 23.2 Å². The number of ether oxygens (including phenoxy) is 1. The van der Waals surface area contributed by atoms with Crippen LogP contribution in [-0.4, -0.2) is 43.7 Å². The molecule has 0 bridgehead atoms. The number of benzene rings is 2. The van der Waals surface area contributed by atoms with E-state index in [4.69, 9.17) is 22.1 Å². The van der Waals surface area contributed by atoms with Crippen molar-refractivity contribution < 1.29 is 18.7 Å². The number of carbonyl (C=O) groups excluding carboxylic acids is 2. The Balaban J connectivity index is 1.64. The van der Waals surface area contributed by atoms with E-state index in [2.05, 4.69) is 20.8 Å². The first kappa shape index (κ1) is 23.6. The third-order valence-electron chi connectivity index (χ3n) is 4.99. The van der Waals surface area contributed by atoms with E-state index >= 15 is 0 Å². The van der Waals surface area contributed by atoms with Crippen LogP contribution in [0.5, 0.6) is 5.75 Å². The number of rotatable bonds is 7. The van der Waals surface area contributed by atoms with Crippen LogP contribution in [0, 0.1) is 5.82 Å². The van der Waals surface area contributed by atoms with E-state index in [1.165, 1.54) is 36.4 Å². The minimum absolute atomic E-state index is 0.0964. The van der Waals surface area contributed by atoms with Gasteiger partial charge in [0.15, 0.2) is 0 Å². The van der Waals surface area contributed by atoms with Gasteiger partial charge in [0.25, 0.3) is 11.5 Å². The molecule has 2 heterocycles. The van der Waals surface area contributed by atoms with Crippen LogP contribution >= 0.6 is 11.6 Å². The number of halogens is 2. The maximum atomic E-state index is 14.0. The van der Waals surface area contributed by atoms with Crippen LogP contribution in [-0.2, 0) is 11.3 Å². The van der Waals surface area contributed by atoms with Crippen LogP contribution in [0.1, 0.15) is 10.4 Å². The summed E-state index contributed by atoms with van der Waals surface area (Å²) in [5, 5.41) is 14.0. The lowest BCUT2D eigenvalue weighted by atomic mass is 10.0. The Kier molecular flexibility index (Phi) is 6.55. The van der Waals surface area contributed by atoms with Gasteiger partial charge in [0, 0.05) is 27.9 Å². The molecule has 0 radical (unpaired) electrons. The number of anilines is 1. The third kappa shape index (κ3) is 5.01. The number of aromatic nitrogens is 5. The molecule has 0 unspecified atom stereocenters. The van der Waals surface area contributed by atoms with E-state index in [1.807, 2.05) is 0 Å². The van der Waals surface area contributed by atoms with Crippen molar-refractivity contribution in [1.82, 2.24) is 24.8 Å². The van der Waals surface area contributed by atoms with Crippen molar-refractivity contribution in [3.8, 4) is 22.6 Å². The standard InChI is InChI=1S/C22H17ClFN7O4/c1-35-19-9-30(10-20(32)27-13-3-4-14(22(25)34)17(24)7-13)21(33)8-16(19)15-6-12(23)2-5-18(15)31-11-26-28-29-31/h2-9,11H,10H2,1H3,(H2,25,34)(H,27,32). The lowest BCUT2D eigenvalue weighted by molar-refractivity contribution is -0.116. The Morgan fingerprint density at radius 3 is 2.63 bits per heavy atom. The second kappa shape index (κ2) is 9.73. The Morgan fingerprint density at radius 2 is 1.97 bits per heavy atom. The lowest BCUT2D eigenvalue weighted by Crippen LogP contribution is -2.27. The number of methoxy groups -OCH3 is 1. The van der Waals surface area contributed by atoms with Gasteiger partial charge in [-0.3, -0.25) is 14.4 Å². The molecule has 0 aliphatic carbocycles. The van der Waals surface area contributed by atoms with Crippen LogP contribution in [0.15, 0.2) is 59.8 Å². The van der Waals surface area contributed by atoms with Gasteiger partial charge < -0.3 is 20.4 Å². The SMILES string of the molecule is COc1cn(CC(=O)Nc2ccc(C(N)=O)c(F)c2)c(=O)cc1-c1cc(Cl)ccc1-n1cnnn1. The quantitative estimate of drug-likeness (QED) is 0.397. The lowest BCUT2D eigenvalue weighted by Gasteiger charge is -2.15. The third-order valence-corrected chi connectivity index (χ3v) is 5.22. The highest BCUT2D eigenvalue weighted by Gasteiger charge is 2.17. The van der Waals surface area contributed by atoms with Crippen molar-refractivity contribution in [2.24, 2.45) is 5.73 Å². The highest BCUT2D eigenvalue weighted by molar-refractivity contribution is 6.31. The second-order valence-electron chi connectivity index (χ2n) is 7.24. The van der Waals surface area contributed by atoms with E-state index in [0.29, 0.717) is 21.8 Å². The first-order chi connectivity index (χ1) is 16.8. The fourth-order valence-electron chi connectivity index (χ4n) is 3.39. The predicted molar refractivity (Wildman–Crippen MR) is 124 cm³/mol. The first-order valence-electron chi connectivity index (χ1n) is 9.98. The number of nitrogens with one attached hydrogen (secondary N) is 1. The van der Waals surface area contributed by atoms with Gasteiger partial charge >= 0.3 is 0 Å². The fraction of sp³-hybridized carbons (Fsp3) is 0.0909. The molecule has 0 aliphatic rings. The summed E-state index contributed by atoms with van der Waals surface area (Å²) in [4.78, 5) is 36.5. The minimum atomic E-state index is -0.929. The molecule has 2 aromatic carbocycles. The average Bonchev–Trinajstić information content (AvgIpc) is 3.34. The zero-order chi connectivity index (χ0) is 25.1. The van der Waals surface area contributed by atoms with E-state index in [0.717, 1.165) is 16.7 Å². The van der Waals surface area contributed by atoms with E-state index in [9.17, 15) is 18.8 Å². The number of pyridine rings is 1. The monoisotopic (exact) mass is 497 g/mol. The van der Waals surface area contributed by atoms with Crippen molar-refractivity contribution in [1.29, 1.82) is 0 Å². The van der Waals surface area contributed by atoms with Gasteiger partial charge in [-0.1, -0.05) is 11.6 Å². The predicted octanol–water partition coefficient (Wildman–Crippen LogP) is 2.03. The number of nitrogens with two attached hydrogens (primary N) is 1. The summed E-state index contributed by atoms with van der Waals surface area (Å²) in [6, 6.07) is 9.72. The highest BCUT2D eigenvalue weighted by atomic mass is 35.5. The molecule has 2 amide bonds. The second-order valence-corrected chi connectivity index (χ2v) is 7.68. The van der Waals surface area contributed by atoms with E-state index in [-0.39, 0.29) is 23.5 Å². The highest BCUT2D eigenvalue weighted by Crippen LogP contribution is 2.34. The Hall–Kier alpha value is -4.58. The van der Waals surface area contributed by atoms with Gasteiger partial charge in [0.05, 0.1) is 24.6 Å². The molecule has 4 aromatic rings. The maximum Gasteiger partial charge on any atom is 0.251 e. The minimum Gasteiger partial charge on any atom is -0.495 e. The first-order valence-corrected chi connectivity index (χ1v) is 10.4. The molecule has 0 spiro atoms. The number of carbonyl (C=O) groups is 2. The van der Waals surface area contributed by atoms with Gasteiger partial charge in [-0.05, 0) is 46.8 Å². The summed E-state index contributed by atoms with van der Waals surface area (Å²) in [6.07, 6.45) is 2.77. The molecule has 0 atom stereocenters. The molecule has 35 heavy (non-hydrogen) atoms. The summed E-state index contributed by atoms with van der Waals surface area (Å²) in [5.74, 6) is -2.13. The number of hydrogen-bond acceptors (Lipinski definition) is 7.